The summed E-state index contributed by atoms with van der Waals surface area (Å²) in [7, 11) is 0. The van der Waals surface area contributed by atoms with Gasteiger partial charge in [0, 0.05) is 6.54 Å². The molecule has 0 saturated heterocycles. The van der Waals surface area contributed by atoms with Crippen LogP contribution in [-0.4, -0.2) is 17.8 Å². The van der Waals surface area contributed by atoms with Gasteiger partial charge in [0.15, 0.2) is 0 Å². The number of nitrogens with two attached hydrogens (primary N) is 1. The molecule has 17 heavy (non-hydrogen) atoms. The molecule has 1 unspecified atom stereocenters. The lowest BCUT2D eigenvalue weighted by atomic mass is 10.1. The minimum Gasteiger partial charge on any atom is -0.494 e. The van der Waals surface area contributed by atoms with Gasteiger partial charge in [0.25, 0.3) is 0 Å². The lowest BCUT2D eigenvalue weighted by Gasteiger charge is -2.09. The number of aliphatic hydroxyl groups excluding tert-OH is 1. The standard InChI is InChI=1S/C14H23NO2/c1-11-9-14(7-6-13(11)10-15)17-8-4-3-5-12(2)16/h6-7,9,12,16H,3-5,8,10,15H2,1-2H3. The van der Waals surface area contributed by atoms with Gasteiger partial charge in [-0.3, -0.25) is 0 Å². The molecule has 1 atom stereocenters. The number of ether oxygens (including phenoxy) is 1. The monoisotopic (exact) mass is 237 g/mol. The van der Waals surface area contributed by atoms with Crippen LogP contribution in [0.2, 0.25) is 0 Å². The molecule has 0 radical (unpaired) electrons. The van der Waals surface area contributed by atoms with Crippen molar-refractivity contribution in [2.75, 3.05) is 6.61 Å². The van der Waals surface area contributed by atoms with E-state index in [9.17, 15) is 0 Å². The topological polar surface area (TPSA) is 55.5 Å². The third-order valence-electron chi connectivity index (χ3n) is 2.82. The Morgan fingerprint density at radius 1 is 1.35 bits per heavy atom. The SMILES string of the molecule is Cc1cc(OCCCCC(C)O)ccc1CN. The third-order valence-corrected chi connectivity index (χ3v) is 2.82. The molecular weight excluding hydrogens is 214 g/mol. The zero-order chi connectivity index (χ0) is 12.7. The normalized spacial score (nSPS) is 12.5. The minimum atomic E-state index is -0.207. The maximum atomic E-state index is 9.11. The molecule has 0 amide bonds. The van der Waals surface area contributed by atoms with Crippen molar-refractivity contribution in [3.63, 3.8) is 0 Å². The quantitative estimate of drug-likeness (QED) is 0.716. The van der Waals surface area contributed by atoms with Crippen LogP contribution in [0.3, 0.4) is 0 Å². The number of aliphatic hydroxyl groups is 1. The smallest absolute Gasteiger partial charge is 0.119 e. The van der Waals surface area contributed by atoms with Crippen LogP contribution in [0.1, 0.15) is 37.3 Å². The van der Waals surface area contributed by atoms with Crippen LogP contribution in [-0.2, 0) is 6.54 Å². The lowest BCUT2D eigenvalue weighted by Crippen LogP contribution is -2.03. The Balaban J connectivity index is 2.30. The van der Waals surface area contributed by atoms with Gasteiger partial charge in [-0.05, 0) is 56.4 Å². The summed E-state index contributed by atoms with van der Waals surface area (Å²) in [5.74, 6) is 0.900. The highest BCUT2D eigenvalue weighted by atomic mass is 16.5. The Morgan fingerprint density at radius 3 is 2.71 bits per heavy atom. The molecule has 0 aliphatic rings. The number of unbranched alkanes of at least 4 members (excludes halogenated alkanes) is 1. The van der Waals surface area contributed by atoms with Gasteiger partial charge < -0.3 is 15.6 Å². The first-order chi connectivity index (χ1) is 8.13. The molecule has 3 N–H and O–H groups in total. The maximum absolute atomic E-state index is 9.11. The van der Waals surface area contributed by atoms with Gasteiger partial charge in [-0.25, -0.2) is 0 Å². The maximum Gasteiger partial charge on any atom is 0.119 e. The minimum absolute atomic E-state index is 0.207. The summed E-state index contributed by atoms with van der Waals surface area (Å²) < 4.78 is 5.65. The third kappa shape index (κ3) is 5.20. The van der Waals surface area contributed by atoms with Crippen molar-refractivity contribution < 1.29 is 9.84 Å². The van der Waals surface area contributed by atoms with Crippen molar-refractivity contribution in [3.8, 4) is 5.75 Å². The molecule has 3 nitrogen and oxygen atoms in total. The molecule has 0 fully saturated rings. The van der Waals surface area contributed by atoms with Gasteiger partial charge in [-0.2, -0.15) is 0 Å². The number of hydrogen-bond donors (Lipinski definition) is 2. The zero-order valence-electron chi connectivity index (χ0n) is 10.8. The Labute approximate surface area is 104 Å². The van der Waals surface area contributed by atoms with Crippen LogP contribution in [0.25, 0.3) is 0 Å². The van der Waals surface area contributed by atoms with Crippen molar-refractivity contribution in [3.05, 3.63) is 29.3 Å². The van der Waals surface area contributed by atoms with Crippen LogP contribution >= 0.6 is 0 Å². The van der Waals surface area contributed by atoms with E-state index in [1.54, 1.807) is 0 Å². The molecule has 1 rings (SSSR count). The second-order valence-electron chi connectivity index (χ2n) is 4.49. The van der Waals surface area contributed by atoms with Gasteiger partial charge in [-0.1, -0.05) is 6.07 Å². The molecule has 0 saturated carbocycles. The van der Waals surface area contributed by atoms with Gasteiger partial charge in [-0.15, -0.1) is 0 Å². The van der Waals surface area contributed by atoms with Gasteiger partial charge in [0.2, 0.25) is 0 Å². The van der Waals surface area contributed by atoms with E-state index in [1.165, 1.54) is 5.56 Å². The summed E-state index contributed by atoms with van der Waals surface area (Å²) in [5.41, 5.74) is 7.94. The Hall–Kier alpha value is -1.06. The van der Waals surface area contributed by atoms with Crippen molar-refractivity contribution in [1.29, 1.82) is 0 Å². The van der Waals surface area contributed by atoms with Crippen molar-refractivity contribution >= 4 is 0 Å². The van der Waals surface area contributed by atoms with E-state index in [-0.39, 0.29) is 6.10 Å². The summed E-state index contributed by atoms with van der Waals surface area (Å²) in [6, 6.07) is 6.00. The molecule has 0 bridgehead atoms. The molecule has 0 spiro atoms. The van der Waals surface area contributed by atoms with Crippen LogP contribution in [0.5, 0.6) is 5.75 Å². The summed E-state index contributed by atoms with van der Waals surface area (Å²) in [5, 5.41) is 9.11. The van der Waals surface area contributed by atoms with Crippen LogP contribution < -0.4 is 10.5 Å². The first-order valence-electron chi connectivity index (χ1n) is 6.24. The van der Waals surface area contributed by atoms with Gasteiger partial charge >= 0.3 is 0 Å². The van der Waals surface area contributed by atoms with E-state index in [2.05, 4.69) is 0 Å². The number of benzene rings is 1. The largest absolute Gasteiger partial charge is 0.494 e. The van der Waals surface area contributed by atoms with Crippen LogP contribution in [0, 0.1) is 6.92 Å². The van der Waals surface area contributed by atoms with E-state index in [0.717, 1.165) is 30.6 Å². The molecular formula is C14H23NO2. The van der Waals surface area contributed by atoms with E-state index >= 15 is 0 Å². The number of aryl methyl sites for hydroxylation is 1. The molecule has 96 valence electrons. The first-order valence-corrected chi connectivity index (χ1v) is 6.24. The van der Waals surface area contributed by atoms with E-state index in [0.29, 0.717) is 13.2 Å². The number of rotatable bonds is 7. The van der Waals surface area contributed by atoms with Crippen LogP contribution in [0.4, 0.5) is 0 Å². The Kier molecular flexibility index (Phi) is 6.01. The molecule has 0 aromatic heterocycles. The fourth-order valence-electron chi connectivity index (χ4n) is 1.72. The van der Waals surface area contributed by atoms with E-state index in [4.69, 9.17) is 15.6 Å². The summed E-state index contributed by atoms with van der Waals surface area (Å²) in [6.07, 6.45) is 2.61. The Bertz CT molecular complexity index is 337. The zero-order valence-corrected chi connectivity index (χ0v) is 10.8. The van der Waals surface area contributed by atoms with E-state index < -0.39 is 0 Å². The molecule has 1 aromatic rings. The molecule has 3 heteroatoms. The number of hydrogen-bond acceptors (Lipinski definition) is 3. The van der Waals surface area contributed by atoms with Crippen molar-refractivity contribution in [2.24, 2.45) is 5.73 Å². The lowest BCUT2D eigenvalue weighted by molar-refractivity contribution is 0.177. The Morgan fingerprint density at radius 2 is 2.12 bits per heavy atom. The molecule has 1 aromatic carbocycles. The van der Waals surface area contributed by atoms with E-state index in [1.807, 2.05) is 32.0 Å². The highest BCUT2D eigenvalue weighted by Gasteiger charge is 2.00. The summed E-state index contributed by atoms with van der Waals surface area (Å²) in [4.78, 5) is 0. The summed E-state index contributed by atoms with van der Waals surface area (Å²) in [6.45, 7) is 5.13. The fourth-order valence-corrected chi connectivity index (χ4v) is 1.72. The fraction of sp³-hybridized carbons (Fsp3) is 0.571. The first kappa shape index (κ1) is 14.0. The van der Waals surface area contributed by atoms with Crippen molar-refractivity contribution in [2.45, 2.75) is 45.8 Å². The highest BCUT2D eigenvalue weighted by molar-refractivity contribution is 5.34. The predicted molar refractivity (Wildman–Crippen MR) is 70.1 cm³/mol. The predicted octanol–water partition coefficient (Wildman–Crippen LogP) is 2.38. The van der Waals surface area contributed by atoms with Crippen LogP contribution in [0.15, 0.2) is 18.2 Å². The van der Waals surface area contributed by atoms with Gasteiger partial charge in [0.1, 0.15) is 5.75 Å². The average molecular weight is 237 g/mol. The second-order valence-corrected chi connectivity index (χ2v) is 4.49. The molecule has 0 aliphatic carbocycles. The molecule has 0 heterocycles. The molecule has 0 aliphatic heterocycles. The highest BCUT2D eigenvalue weighted by Crippen LogP contribution is 2.17. The second kappa shape index (κ2) is 7.30. The van der Waals surface area contributed by atoms with Gasteiger partial charge in [0.05, 0.1) is 12.7 Å². The summed E-state index contributed by atoms with van der Waals surface area (Å²) >= 11 is 0. The average Bonchev–Trinajstić information content (AvgIpc) is 2.28. The van der Waals surface area contributed by atoms with Crippen molar-refractivity contribution in [1.82, 2.24) is 0 Å².